The molecule has 0 radical (unpaired) electrons. The van der Waals surface area contributed by atoms with Gasteiger partial charge < -0.3 is 27.9 Å². The fourth-order valence-corrected chi connectivity index (χ4v) is 5.99. The number of ether oxygens (including phenoxy) is 2. The second kappa shape index (κ2) is 41.0. The number of nitrogens with zero attached hydrogens (tertiary/aromatic N) is 1. The first kappa shape index (κ1) is 56.7. The minimum absolute atomic E-state index is 0.0498. The lowest BCUT2D eigenvalue weighted by molar-refractivity contribution is -0.870. The summed E-state index contributed by atoms with van der Waals surface area (Å²) in [6.07, 6.45) is 55.4. The zero-order valence-electron chi connectivity index (χ0n) is 38.1. The number of carbonyl (C=O) groups is 2. The van der Waals surface area contributed by atoms with E-state index < -0.39 is 32.5 Å². The van der Waals surface area contributed by atoms with Crippen LogP contribution in [0.3, 0.4) is 0 Å². The van der Waals surface area contributed by atoms with E-state index in [1.807, 2.05) is 21.1 Å². The molecule has 10 heteroatoms. The summed E-state index contributed by atoms with van der Waals surface area (Å²) in [6, 6.07) is 0. The van der Waals surface area contributed by atoms with Gasteiger partial charge in [0, 0.05) is 12.8 Å². The molecule has 0 saturated carbocycles. The molecule has 340 valence electrons. The summed E-state index contributed by atoms with van der Waals surface area (Å²) in [5.41, 5.74) is 0. The van der Waals surface area contributed by atoms with Gasteiger partial charge in [0.1, 0.15) is 19.8 Å². The molecule has 0 aromatic carbocycles. The van der Waals surface area contributed by atoms with Crippen molar-refractivity contribution in [1.29, 1.82) is 0 Å². The van der Waals surface area contributed by atoms with E-state index in [2.05, 4.69) is 123 Å². The third-order valence-electron chi connectivity index (χ3n) is 8.76. The van der Waals surface area contributed by atoms with E-state index in [4.69, 9.17) is 18.5 Å². The lowest BCUT2D eigenvalue weighted by atomic mass is 10.1. The lowest BCUT2D eigenvalue weighted by Crippen LogP contribution is -2.37. The third-order valence-corrected chi connectivity index (χ3v) is 9.72. The summed E-state index contributed by atoms with van der Waals surface area (Å²) in [6.45, 7) is 3.94. The summed E-state index contributed by atoms with van der Waals surface area (Å²) in [5.74, 6) is -0.922. The molecule has 1 unspecified atom stereocenters. The van der Waals surface area contributed by atoms with Gasteiger partial charge in [0.25, 0.3) is 7.82 Å². The number of rotatable bonds is 39. The van der Waals surface area contributed by atoms with Gasteiger partial charge in [-0.2, -0.15) is 0 Å². The highest BCUT2D eigenvalue weighted by Gasteiger charge is 2.21. The fourth-order valence-electron chi connectivity index (χ4n) is 5.26. The molecule has 0 fully saturated rings. The molecule has 0 bridgehead atoms. The van der Waals surface area contributed by atoms with Crippen LogP contribution in [0.4, 0.5) is 0 Å². The number of hydrogen-bond donors (Lipinski definition) is 0. The highest BCUT2D eigenvalue weighted by atomic mass is 31.2. The first-order valence-electron chi connectivity index (χ1n) is 22.6. The molecule has 0 heterocycles. The minimum atomic E-state index is -4.65. The van der Waals surface area contributed by atoms with Crippen molar-refractivity contribution in [2.24, 2.45) is 0 Å². The Morgan fingerprint density at radius 1 is 0.533 bits per heavy atom. The Bertz CT molecular complexity index is 1380. The Morgan fingerprint density at radius 2 is 0.950 bits per heavy atom. The summed E-state index contributed by atoms with van der Waals surface area (Å²) >= 11 is 0. The highest BCUT2D eigenvalue weighted by molar-refractivity contribution is 7.45. The Kier molecular flexibility index (Phi) is 38.8. The van der Waals surface area contributed by atoms with Gasteiger partial charge >= 0.3 is 11.9 Å². The number of phosphoric acid groups is 1. The molecule has 60 heavy (non-hydrogen) atoms. The molecule has 2 atom stereocenters. The van der Waals surface area contributed by atoms with Crippen molar-refractivity contribution in [2.45, 2.75) is 148 Å². The molecule has 0 amide bonds. The standard InChI is InChI=1S/C50H82NO8P/c1-6-8-10-12-14-16-18-20-22-24-25-27-28-30-32-34-36-38-40-42-49(52)56-46-48(47-58-60(54,55)57-45-44-51(3,4)5)59-50(53)43-41-39-37-35-33-31-29-26-23-21-19-17-15-13-11-9-7-2/h8,10-11,13-14,16-17,19-20,22-23,25-27,30-33,48H,6-7,9,12,15,18,21,24,28-29,34-47H2,1-5H3/b10-8+,13-11+,16-14+,19-17+,22-20+,26-23+,27-25+,32-30+,33-31+/t48-/m1/s1. The van der Waals surface area contributed by atoms with Crippen LogP contribution in [0.1, 0.15) is 142 Å². The van der Waals surface area contributed by atoms with Gasteiger partial charge in [-0.15, -0.1) is 0 Å². The van der Waals surface area contributed by atoms with Crippen LogP contribution in [0, 0.1) is 0 Å². The molecule has 0 N–H and O–H groups in total. The summed E-state index contributed by atoms with van der Waals surface area (Å²) in [4.78, 5) is 37.6. The summed E-state index contributed by atoms with van der Waals surface area (Å²) < 4.78 is 33.9. The Hall–Kier alpha value is -3.33. The monoisotopic (exact) mass is 856 g/mol. The van der Waals surface area contributed by atoms with Gasteiger partial charge in [0.05, 0.1) is 27.7 Å². The van der Waals surface area contributed by atoms with Gasteiger partial charge in [-0.1, -0.05) is 142 Å². The quantitative estimate of drug-likeness (QED) is 0.0198. The van der Waals surface area contributed by atoms with Gasteiger partial charge in [-0.3, -0.25) is 14.2 Å². The topological polar surface area (TPSA) is 111 Å². The van der Waals surface area contributed by atoms with Gasteiger partial charge in [0.2, 0.25) is 0 Å². The van der Waals surface area contributed by atoms with E-state index >= 15 is 0 Å². The molecular formula is C50H82NO8P. The van der Waals surface area contributed by atoms with E-state index in [1.165, 1.54) is 6.42 Å². The number of hydrogen-bond acceptors (Lipinski definition) is 8. The molecule has 0 aromatic rings. The van der Waals surface area contributed by atoms with E-state index in [9.17, 15) is 19.0 Å². The predicted molar refractivity (Wildman–Crippen MR) is 249 cm³/mol. The van der Waals surface area contributed by atoms with Gasteiger partial charge in [-0.05, 0) is 96.3 Å². The van der Waals surface area contributed by atoms with Crippen molar-refractivity contribution in [2.75, 3.05) is 47.5 Å². The maximum Gasteiger partial charge on any atom is 0.306 e. The number of unbranched alkanes of at least 4 members (excludes halogenated alkanes) is 7. The number of quaternary nitrogens is 1. The molecule has 0 aliphatic carbocycles. The molecule has 9 nitrogen and oxygen atoms in total. The van der Waals surface area contributed by atoms with Crippen LogP contribution >= 0.6 is 7.82 Å². The first-order chi connectivity index (χ1) is 29.0. The Labute approximate surface area is 366 Å². The third kappa shape index (κ3) is 44.2. The van der Waals surface area contributed by atoms with Gasteiger partial charge in [-0.25, -0.2) is 0 Å². The SMILES string of the molecule is CC/C=C/C/C=C/C/C=C/C/C=C/C/C=C/CCCCCC(=O)OC[C@H](COP(=O)([O-])OCC[N+](C)(C)C)OC(=O)CCCCC/C=C/C/C=C/C/C=C/C/C=C/CCC. The van der Waals surface area contributed by atoms with Gasteiger partial charge in [0.15, 0.2) is 6.10 Å². The molecule has 0 saturated heterocycles. The van der Waals surface area contributed by atoms with Crippen LogP contribution in [-0.4, -0.2) is 70.0 Å². The molecular weight excluding hydrogens is 774 g/mol. The van der Waals surface area contributed by atoms with Crippen LogP contribution in [0.5, 0.6) is 0 Å². The van der Waals surface area contributed by atoms with Crippen molar-refractivity contribution in [3.05, 3.63) is 109 Å². The van der Waals surface area contributed by atoms with E-state index in [-0.39, 0.29) is 26.1 Å². The number of esters is 2. The number of carbonyl (C=O) groups excluding carboxylic acids is 2. The predicted octanol–water partition coefficient (Wildman–Crippen LogP) is 12.5. The number of allylic oxidation sites excluding steroid dienone is 18. The summed E-state index contributed by atoms with van der Waals surface area (Å²) in [5, 5.41) is 0. The average Bonchev–Trinajstić information content (AvgIpc) is 3.20. The maximum atomic E-state index is 12.7. The number of phosphoric ester groups is 1. The summed E-state index contributed by atoms with van der Waals surface area (Å²) in [7, 11) is 1.10. The normalized spacial score (nSPS) is 14.6. The largest absolute Gasteiger partial charge is 0.756 e. The van der Waals surface area contributed by atoms with Crippen molar-refractivity contribution in [3.63, 3.8) is 0 Å². The van der Waals surface area contributed by atoms with Crippen LogP contribution in [0.25, 0.3) is 0 Å². The zero-order chi connectivity index (χ0) is 44.3. The second-order valence-electron chi connectivity index (χ2n) is 15.7. The second-order valence-corrected chi connectivity index (χ2v) is 17.1. The van der Waals surface area contributed by atoms with Crippen molar-refractivity contribution in [3.8, 4) is 0 Å². The lowest BCUT2D eigenvalue weighted by Gasteiger charge is -2.28. The van der Waals surface area contributed by atoms with Crippen molar-refractivity contribution in [1.82, 2.24) is 0 Å². The molecule has 0 aliphatic heterocycles. The van der Waals surface area contributed by atoms with Crippen molar-refractivity contribution < 1.29 is 42.1 Å². The number of likely N-dealkylation sites (N-methyl/N-ethyl adjacent to an activating group) is 1. The maximum absolute atomic E-state index is 12.7. The van der Waals surface area contributed by atoms with E-state index in [0.29, 0.717) is 23.9 Å². The molecule has 0 aromatic heterocycles. The molecule has 0 aliphatic rings. The minimum Gasteiger partial charge on any atom is -0.756 e. The van der Waals surface area contributed by atoms with Crippen molar-refractivity contribution >= 4 is 19.8 Å². The first-order valence-corrected chi connectivity index (χ1v) is 24.1. The van der Waals surface area contributed by atoms with Crippen LogP contribution < -0.4 is 4.89 Å². The van der Waals surface area contributed by atoms with Crippen LogP contribution in [-0.2, 0) is 32.7 Å². The molecule has 0 spiro atoms. The smallest absolute Gasteiger partial charge is 0.306 e. The highest BCUT2D eigenvalue weighted by Crippen LogP contribution is 2.38. The average molecular weight is 856 g/mol. The fraction of sp³-hybridized carbons (Fsp3) is 0.600. The zero-order valence-corrected chi connectivity index (χ0v) is 39.0. The van der Waals surface area contributed by atoms with E-state index in [1.54, 1.807) is 0 Å². The van der Waals surface area contributed by atoms with E-state index in [0.717, 1.165) is 96.3 Å². The molecule has 0 rings (SSSR count). The van der Waals surface area contributed by atoms with Crippen LogP contribution in [0.2, 0.25) is 0 Å². The van der Waals surface area contributed by atoms with Crippen LogP contribution in [0.15, 0.2) is 109 Å². The Balaban J connectivity index is 4.49. The Morgan fingerprint density at radius 3 is 1.38 bits per heavy atom.